The predicted molar refractivity (Wildman–Crippen MR) is 108 cm³/mol. The molecule has 2 aromatic carbocycles. The zero-order valence-corrected chi connectivity index (χ0v) is 17.0. The molecule has 0 saturated carbocycles. The van der Waals surface area contributed by atoms with Crippen LogP contribution in [-0.4, -0.2) is 25.5 Å². The maximum atomic E-state index is 6.75. The number of ether oxygens (including phenoxy) is 1. The highest BCUT2D eigenvalue weighted by Gasteiger charge is 2.49. The largest absolute Gasteiger partial charge is 0.355 e. The van der Waals surface area contributed by atoms with Crippen LogP contribution in [0.5, 0.6) is 0 Å². The van der Waals surface area contributed by atoms with E-state index in [1.54, 1.807) is 0 Å². The molecular weight excluding hydrogens is 353 g/mol. The summed E-state index contributed by atoms with van der Waals surface area (Å²) in [4.78, 5) is 2.22. The molecule has 2 nitrogen and oxygen atoms in total. The van der Waals surface area contributed by atoms with Crippen LogP contribution in [0, 0.1) is 0 Å². The van der Waals surface area contributed by atoms with Crippen LogP contribution in [0.4, 0.5) is 0 Å². The van der Waals surface area contributed by atoms with Gasteiger partial charge in [-0.1, -0.05) is 48.0 Å². The van der Waals surface area contributed by atoms with E-state index in [1.807, 2.05) is 6.07 Å². The minimum Gasteiger partial charge on any atom is -0.355 e. The van der Waals surface area contributed by atoms with E-state index in [0.29, 0.717) is 0 Å². The van der Waals surface area contributed by atoms with Crippen molar-refractivity contribution in [1.82, 2.24) is 4.90 Å². The fourth-order valence-corrected chi connectivity index (χ4v) is 3.99. The summed E-state index contributed by atoms with van der Waals surface area (Å²) in [5.41, 5.74) is 2.90. The molecule has 0 N–H and O–H groups in total. The number of fused-ring (bicyclic) bond motifs is 1. The monoisotopic (exact) mass is 379 g/mol. The topological polar surface area (TPSA) is 12.5 Å². The molecule has 1 unspecified atom stereocenters. The van der Waals surface area contributed by atoms with Crippen LogP contribution in [0.3, 0.4) is 0 Å². The van der Waals surface area contributed by atoms with Crippen molar-refractivity contribution >= 4 is 24.0 Å². The van der Waals surface area contributed by atoms with E-state index in [-0.39, 0.29) is 18.0 Å². The van der Waals surface area contributed by atoms with Gasteiger partial charge in [-0.25, -0.2) is 0 Å². The second kappa shape index (κ2) is 7.67. The van der Waals surface area contributed by atoms with Gasteiger partial charge < -0.3 is 9.64 Å². The number of halogens is 2. The molecule has 0 fully saturated rings. The summed E-state index contributed by atoms with van der Waals surface area (Å²) in [6.07, 6.45) is 2.00. The molecule has 0 bridgehead atoms. The Hall–Kier alpha value is -1.06. The van der Waals surface area contributed by atoms with Gasteiger partial charge >= 0.3 is 0 Å². The zero-order valence-electron chi connectivity index (χ0n) is 15.4. The third kappa shape index (κ3) is 3.88. The number of rotatable bonds is 5. The van der Waals surface area contributed by atoms with E-state index in [1.165, 1.54) is 16.7 Å². The average molecular weight is 380 g/mol. The lowest BCUT2D eigenvalue weighted by molar-refractivity contribution is -0.107. The minimum atomic E-state index is -0.430. The van der Waals surface area contributed by atoms with Gasteiger partial charge in [-0.05, 0) is 76.2 Å². The van der Waals surface area contributed by atoms with E-state index < -0.39 is 5.60 Å². The lowest BCUT2D eigenvalue weighted by atomic mass is 9.81. The molecule has 1 heterocycles. The summed E-state index contributed by atoms with van der Waals surface area (Å²) < 4.78 is 6.75. The molecule has 2 aromatic rings. The zero-order chi connectivity index (χ0) is 17.4. The fraction of sp³-hybridized carbons (Fsp3) is 0.429. The summed E-state index contributed by atoms with van der Waals surface area (Å²) in [5, 5.41) is 0.767. The lowest BCUT2D eigenvalue weighted by Gasteiger charge is -2.34. The predicted octanol–water partition coefficient (Wildman–Crippen LogP) is 5.61. The number of hydrogen-bond acceptors (Lipinski definition) is 2. The van der Waals surface area contributed by atoms with Crippen molar-refractivity contribution in [3.8, 4) is 0 Å². The molecule has 0 aliphatic carbocycles. The smallest absolute Gasteiger partial charge is 0.120 e. The van der Waals surface area contributed by atoms with Gasteiger partial charge in [-0.3, -0.25) is 0 Å². The molecular formula is C21H27Cl2NO. The van der Waals surface area contributed by atoms with Crippen molar-refractivity contribution < 1.29 is 4.74 Å². The minimum absolute atomic E-state index is 0. The SMILES string of the molecule is CN(C)CCCC1(c2ccccc2)OC(C)(C)c2ccc(Cl)cc21.Cl. The maximum Gasteiger partial charge on any atom is 0.120 e. The Kier molecular flexibility index (Phi) is 6.22. The average Bonchev–Trinajstić information content (AvgIpc) is 2.76. The van der Waals surface area contributed by atoms with Crippen molar-refractivity contribution in [3.05, 3.63) is 70.2 Å². The van der Waals surface area contributed by atoms with Crippen molar-refractivity contribution in [2.45, 2.75) is 37.9 Å². The standard InChI is InChI=1S/C21H26ClNO.ClH/c1-20(2)18-12-11-17(22)15-19(18)21(24-20,13-8-14-23(3)4)16-9-6-5-7-10-16;/h5-7,9-12,15H,8,13-14H2,1-4H3;1H. The van der Waals surface area contributed by atoms with Crippen LogP contribution in [-0.2, 0) is 15.9 Å². The maximum absolute atomic E-state index is 6.75. The van der Waals surface area contributed by atoms with Crippen molar-refractivity contribution in [2.75, 3.05) is 20.6 Å². The highest BCUT2D eigenvalue weighted by atomic mass is 35.5. The molecule has 3 rings (SSSR count). The van der Waals surface area contributed by atoms with E-state index in [4.69, 9.17) is 16.3 Å². The third-order valence-electron chi connectivity index (χ3n) is 4.87. The Balaban J connectivity index is 0.00000225. The first-order chi connectivity index (χ1) is 11.3. The number of hydrogen-bond donors (Lipinski definition) is 0. The highest BCUT2D eigenvalue weighted by molar-refractivity contribution is 6.30. The molecule has 136 valence electrons. The molecule has 0 radical (unpaired) electrons. The summed E-state index contributed by atoms with van der Waals surface area (Å²) in [6, 6.07) is 16.7. The summed E-state index contributed by atoms with van der Waals surface area (Å²) in [5.74, 6) is 0. The van der Waals surface area contributed by atoms with Crippen LogP contribution < -0.4 is 0 Å². The molecule has 1 aliphatic heterocycles. The first-order valence-corrected chi connectivity index (χ1v) is 8.94. The molecule has 25 heavy (non-hydrogen) atoms. The Labute approximate surface area is 162 Å². The van der Waals surface area contributed by atoms with Crippen molar-refractivity contribution in [1.29, 1.82) is 0 Å². The molecule has 1 aliphatic rings. The second-order valence-electron chi connectivity index (χ2n) is 7.40. The Bertz CT molecular complexity index is 715. The van der Waals surface area contributed by atoms with Gasteiger partial charge in [0, 0.05) is 5.02 Å². The normalized spacial score (nSPS) is 21.0. The van der Waals surface area contributed by atoms with Gasteiger partial charge in [0.1, 0.15) is 5.60 Å². The quantitative estimate of drug-likeness (QED) is 0.668. The number of benzene rings is 2. The van der Waals surface area contributed by atoms with E-state index >= 15 is 0 Å². The van der Waals surface area contributed by atoms with Crippen LogP contribution >= 0.6 is 24.0 Å². The van der Waals surface area contributed by atoms with Gasteiger partial charge in [-0.15, -0.1) is 12.4 Å². The van der Waals surface area contributed by atoms with Gasteiger partial charge in [0.05, 0.1) is 5.60 Å². The van der Waals surface area contributed by atoms with Gasteiger partial charge in [0.15, 0.2) is 0 Å². The molecule has 1 atom stereocenters. The summed E-state index contributed by atoms with van der Waals surface area (Å²) >= 11 is 6.35. The Morgan fingerprint density at radius 1 is 1.00 bits per heavy atom. The molecule has 0 amide bonds. The summed E-state index contributed by atoms with van der Waals surface area (Å²) in [6.45, 7) is 5.33. The first kappa shape index (κ1) is 20.3. The Morgan fingerprint density at radius 2 is 1.68 bits per heavy atom. The van der Waals surface area contributed by atoms with Crippen molar-refractivity contribution in [2.24, 2.45) is 0 Å². The molecule has 0 aromatic heterocycles. The lowest BCUT2D eigenvalue weighted by Crippen LogP contribution is -2.31. The van der Waals surface area contributed by atoms with Crippen LogP contribution in [0.1, 0.15) is 43.4 Å². The number of nitrogens with zero attached hydrogens (tertiary/aromatic N) is 1. The molecule has 0 saturated heterocycles. The Morgan fingerprint density at radius 3 is 2.32 bits per heavy atom. The van der Waals surface area contributed by atoms with Crippen LogP contribution in [0.2, 0.25) is 5.02 Å². The van der Waals surface area contributed by atoms with Gasteiger partial charge in [-0.2, -0.15) is 0 Å². The van der Waals surface area contributed by atoms with Crippen molar-refractivity contribution in [3.63, 3.8) is 0 Å². The second-order valence-corrected chi connectivity index (χ2v) is 7.84. The van der Waals surface area contributed by atoms with E-state index in [9.17, 15) is 0 Å². The van der Waals surface area contributed by atoms with Gasteiger partial charge in [0.25, 0.3) is 0 Å². The van der Waals surface area contributed by atoms with E-state index in [2.05, 4.69) is 75.3 Å². The third-order valence-corrected chi connectivity index (χ3v) is 5.10. The summed E-state index contributed by atoms with van der Waals surface area (Å²) in [7, 11) is 4.22. The molecule has 4 heteroatoms. The highest BCUT2D eigenvalue weighted by Crippen LogP contribution is 2.53. The molecule has 0 spiro atoms. The van der Waals surface area contributed by atoms with E-state index in [0.717, 1.165) is 24.4 Å². The first-order valence-electron chi connectivity index (χ1n) is 8.56. The van der Waals surface area contributed by atoms with Crippen LogP contribution in [0.15, 0.2) is 48.5 Å². The fourth-order valence-electron chi connectivity index (χ4n) is 3.82. The van der Waals surface area contributed by atoms with Gasteiger partial charge in [0.2, 0.25) is 0 Å². The van der Waals surface area contributed by atoms with Crippen LogP contribution in [0.25, 0.3) is 0 Å².